The molecule has 1 unspecified atom stereocenters. The molecule has 0 fully saturated rings. The van der Waals surface area contributed by atoms with Crippen LogP contribution < -0.4 is 5.73 Å². The Morgan fingerprint density at radius 2 is 1.85 bits per heavy atom. The Morgan fingerprint density at radius 1 is 1.10 bits per heavy atom. The molecule has 0 radical (unpaired) electrons. The first kappa shape index (κ1) is 14.7. The topological polar surface area (TPSA) is 64.9 Å². The van der Waals surface area contributed by atoms with Crippen molar-refractivity contribution in [2.75, 3.05) is 0 Å². The Balaban J connectivity index is 1.84. The zero-order valence-electron chi connectivity index (χ0n) is 12.2. The molecule has 1 heterocycles. The van der Waals surface area contributed by atoms with Crippen molar-refractivity contribution in [2.45, 2.75) is 45.6 Å². The Labute approximate surface area is 120 Å². The number of benzene rings is 1. The molecule has 2 aromatic rings. The molecule has 1 aromatic carbocycles. The zero-order valence-corrected chi connectivity index (χ0v) is 12.2. The number of aromatic nitrogens is 2. The van der Waals surface area contributed by atoms with Gasteiger partial charge in [0.25, 0.3) is 0 Å². The minimum Gasteiger partial charge on any atom is -0.338 e. The molecule has 0 saturated carbocycles. The van der Waals surface area contributed by atoms with Crippen LogP contribution in [0.1, 0.15) is 50.0 Å². The summed E-state index contributed by atoms with van der Waals surface area (Å²) in [4.78, 5) is 4.39. The summed E-state index contributed by atoms with van der Waals surface area (Å²) in [6.07, 6.45) is 3.66. The number of hydrogen-bond acceptors (Lipinski definition) is 4. The summed E-state index contributed by atoms with van der Waals surface area (Å²) in [5.41, 5.74) is 7.40. The van der Waals surface area contributed by atoms with E-state index in [2.05, 4.69) is 36.1 Å². The summed E-state index contributed by atoms with van der Waals surface area (Å²) >= 11 is 0. The van der Waals surface area contributed by atoms with Gasteiger partial charge in [0.2, 0.25) is 5.89 Å². The molecule has 0 amide bonds. The van der Waals surface area contributed by atoms with Gasteiger partial charge in [0.05, 0.1) is 6.04 Å². The van der Waals surface area contributed by atoms with Crippen LogP contribution >= 0.6 is 0 Å². The van der Waals surface area contributed by atoms with E-state index in [1.807, 2.05) is 18.2 Å². The van der Waals surface area contributed by atoms with Crippen molar-refractivity contribution in [3.63, 3.8) is 0 Å². The smallest absolute Gasteiger partial charge is 0.243 e. The lowest BCUT2D eigenvalue weighted by molar-refractivity contribution is 0.344. The molecule has 2 rings (SSSR count). The minimum atomic E-state index is -0.185. The van der Waals surface area contributed by atoms with Crippen LogP contribution in [0.15, 0.2) is 34.9 Å². The molecule has 20 heavy (non-hydrogen) atoms. The van der Waals surface area contributed by atoms with Crippen LogP contribution in [0.5, 0.6) is 0 Å². The largest absolute Gasteiger partial charge is 0.338 e. The number of rotatable bonds is 7. The molecule has 0 spiro atoms. The summed E-state index contributed by atoms with van der Waals surface area (Å²) in [7, 11) is 0. The van der Waals surface area contributed by atoms with Gasteiger partial charge in [0.1, 0.15) is 0 Å². The molecule has 1 aromatic heterocycles. The van der Waals surface area contributed by atoms with E-state index in [4.69, 9.17) is 10.3 Å². The first-order valence-electron chi connectivity index (χ1n) is 7.27. The molecule has 1 atom stereocenters. The van der Waals surface area contributed by atoms with Crippen LogP contribution in [0.4, 0.5) is 0 Å². The fourth-order valence-electron chi connectivity index (χ4n) is 2.03. The third-order valence-electron chi connectivity index (χ3n) is 3.33. The molecule has 0 aliphatic carbocycles. The SMILES string of the molecule is CC(C)CCc1noc(C(N)CCc2ccccc2)n1. The fourth-order valence-corrected chi connectivity index (χ4v) is 2.03. The first-order chi connectivity index (χ1) is 9.65. The lowest BCUT2D eigenvalue weighted by Gasteiger charge is -2.06. The zero-order chi connectivity index (χ0) is 14.4. The van der Waals surface area contributed by atoms with Crippen molar-refractivity contribution in [3.8, 4) is 0 Å². The van der Waals surface area contributed by atoms with Gasteiger partial charge >= 0.3 is 0 Å². The van der Waals surface area contributed by atoms with Gasteiger partial charge in [-0.15, -0.1) is 0 Å². The predicted molar refractivity (Wildman–Crippen MR) is 79.1 cm³/mol. The predicted octanol–water partition coefficient (Wildman–Crippen LogP) is 3.29. The third-order valence-corrected chi connectivity index (χ3v) is 3.33. The molecule has 2 N–H and O–H groups in total. The van der Waals surface area contributed by atoms with Crippen molar-refractivity contribution < 1.29 is 4.52 Å². The van der Waals surface area contributed by atoms with Crippen LogP contribution in [0, 0.1) is 5.92 Å². The second-order valence-electron chi connectivity index (χ2n) is 5.61. The van der Waals surface area contributed by atoms with Crippen molar-refractivity contribution in [1.82, 2.24) is 10.1 Å². The Kier molecular flexibility index (Phi) is 5.30. The average molecular weight is 273 g/mol. The van der Waals surface area contributed by atoms with E-state index in [1.54, 1.807) is 0 Å². The maximum Gasteiger partial charge on any atom is 0.243 e. The number of nitrogens with two attached hydrogens (primary N) is 1. The van der Waals surface area contributed by atoms with Gasteiger partial charge in [-0.25, -0.2) is 0 Å². The molecule has 0 saturated heterocycles. The second-order valence-corrected chi connectivity index (χ2v) is 5.61. The highest BCUT2D eigenvalue weighted by Crippen LogP contribution is 2.16. The molecule has 108 valence electrons. The van der Waals surface area contributed by atoms with Gasteiger partial charge in [-0.05, 0) is 30.7 Å². The molecule has 4 heteroatoms. The van der Waals surface area contributed by atoms with E-state index >= 15 is 0 Å². The van der Waals surface area contributed by atoms with Gasteiger partial charge in [0.15, 0.2) is 5.82 Å². The molecule has 0 aliphatic heterocycles. The summed E-state index contributed by atoms with van der Waals surface area (Å²) < 4.78 is 5.26. The maximum absolute atomic E-state index is 6.12. The Morgan fingerprint density at radius 3 is 2.55 bits per heavy atom. The van der Waals surface area contributed by atoms with Crippen molar-refractivity contribution in [2.24, 2.45) is 11.7 Å². The Hall–Kier alpha value is -1.68. The Bertz CT molecular complexity index is 507. The molecule has 0 aliphatic rings. The van der Waals surface area contributed by atoms with Gasteiger partial charge in [-0.2, -0.15) is 4.98 Å². The highest BCUT2D eigenvalue weighted by molar-refractivity contribution is 5.15. The van der Waals surface area contributed by atoms with Crippen LogP contribution in [-0.2, 0) is 12.8 Å². The monoisotopic (exact) mass is 273 g/mol. The second kappa shape index (κ2) is 7.20. The average Bonchev–Trinajstić information content (AvgIpc) is 2.92. The van der Waals surface area contributed by atoms with E-state index in [-0.39, 0.29) is 6.04 Å². The van der Waals surface area contributed by atoms with Crippen molar-refractivity contribution >= 4 is 0 Å². The van der Waals surface area contributed by atoms with Crippen molar-refractivity contribution in [1.29, 1.82) is 0 Å². The van der Waals surface area contributed by atoms with E-state index in [1.165, 1.54) is 5.56 Å². The van der Waals surface area contributed by atoms with Gasteiger partial charge in [-0.3, -0.25) is 0 Å². The van der Waals surface area contributed by atoms with E-state index < -0.39 is 0 Å². The number of aryl methyl sites for hydroxylation is 2. The van der Waals surface area contributed by atoms with Crippen LogP contribution in [0.3, 0.4) is 0 Å². The quantitative estimate of drug-likeness (QED) is 0.840. The van der Waals surface area contributed by atoms with E-state index in [0.717, 1.165) is 31.5 Å². The minimum absolute atomic E-state index is 0.185. The van der Waals surface area contributed by atoms with Gasteiger partial charge in [-0.1, -0.05) is 49.3 Å². The normalized spacial score (nSPS) is 12.8. The molecule has 4 nitrogen and oxygen atoms in total. The van der Waals surface area contributed by atoms with E-state index in [9.17, 15) is 0 Å². The van der Waals surface area contributed by atoms with Crippen LogP contribution in [-0.4, -0.2) is 10.1 Å². The van der Waals surface area contributed by atoms with Gasteiger partial charge in [0, 0.05) is 6.42 Å². The van der Waals surface area contributed by atoms with Gasteiger partial charge < -0.3 is 10.3 Å². The third kappa shape index (κ3) is 4.46. The van der Waals surface area contributed by atoms with Crippen molar-refractivity contribution in [3.05, 3.63) is 47.6 Å². The first-order valence-corrected chi connectivity index (χ1v) is 7.27. The van der Waals surface area contributed by atoms with Crippen LogP contribution in [0.2, 0.25) is 0 Å². The standard InChI is InChI=1S/C16H23N3O/c1-12(2)8-11-15-18-16(20-19-15)14(17)10-9-13-6-4-3-5-7-13/h3-7,12,14H,8-11,17H2,1-2H3. The lowest BCUT2D eigenvalue weighted by atomic mass is 10.1. The molecular weight excluding hydrogens is 250 g/mol. The fraction of sp³-hybridized carbons (Fsp3) is 0.500. The highest BCUT2D eigenvalue weighted by atomic mass is 16.5. The summed E-state index contributed by atoms with van der Waals surface area (Å²) in [5, 5.41) is 4.00. The molecule has 0 bridgehead atoms. The number of nitrogens with zero attached hydrogens (tertiary/aromatic N) is 2. The molecular formula is C16H23N3O. The summed E-state index contributed by atoms with van der Waals surface area (Å²) in [6.45, 7) is 4.37. The van der Waals surface area contributed by atoms with Crippen LogP contribution in [0.25, 0.3) is 0 Å². The lowest BCUT2D eigenvalue weighted by Crippen LogP contribution is -2.12. The maximum atomic E-state index is 6.12. The van der Waals surface area contributed by atoms with E-state index in [0.29, 0.717) is 11.8 Å². The highest BCUT2D eigenvalue weighted by Gasteiger charge is 2.14. The summed E-state index contributed by atoms with van der Waals surface area (Å²) in [6, 6.07) is 10.1. The number of hydrogen-bond donors (Lipinski definition) is 1. The summed E-state index contributed by atoms with van der Waals surface area (Å²) in [5.74, 6) is 1.97.